The molecule has 1 heterocycles. The predicted octanol–water partition coefficient (Wildman–Crippen LogP) is 6.42. The Morgan fingerprint density at radius 1 is 1.00 bits per heavy atom. The Kier molecular flexibility index (Phi) is 6.75. The van der Waals surface area contributed by atoms with Crippen molar-refractivity contribution in [2.75, 3.05) is 5.32 Å². The summed E-state index contributed by atoms with van der Waals surface area (Å²) in [5.41, 5.74) is 3.03. The van der Waals surface area contributed by atoms with Crippen molar-refractivity contribution in [3.8, 4) is 11.3 Å². The van der Waals surface area contributed by atoms with Gasteiger partial charge in [0, 0.05) is 22.3 Å². The second-order valence-corrected chi connectivity index (χ2v) is 8.66. The Morgan fingerprint density at radius 2 is 1.67 bits per heavy atom. The van der Waals surface area contributed by atoms with E-state index in [1.165, 1.54) is 11.6 Å². The zero-order valence-electron chi connectivity index (χ0n) is 17.0. The van der Waals surface area contributed by atoms with Crippen LogP contribution in [0.5, 0.6) is 0 Å². The Labute approximate surface area is 186 Å². The number of carbonyl (C=O) groups excluding carboxylic acids is 1. The van der Waals surface area contributed by atoms with Gasteiger partial charge in [0.05, 0.1) is 0 Å². The fourth-order valence-corrected chi connectivity index (χ4v) is 3.08. The second-order valence-electron chi connectivity index (χ2n) is 7.81. The minimum atomic E-state index is -0.344. The van der Waals surface area contributed by atoms with Gasteiger partial charge in [-0.1, -0.05) is 44.5 Å². The van der Waals surface area contributed by atoms with Gasteiger partial charge >= 0.3 is 0 Å². The van der Waals surface area contributed by atoms with Crippen molar-refractivity contribution in [2.24, 2.45) is 0 Å². The van der Waals surface area contributed by atoms with E-state index in [0.29, 0.717) is 16.5 Å². The summed E-state index contributed by atoms with van der Waals surface area (Å²) in [5, 5.41) is 6.53. The van der Waals surface area contributed by atoms with E-state index in [1.807, 2.05) is 42.5 Å². The fraction of sp³-hybridized carbons (Fsp3) is 0.167. The quantitative estimate of drug-likeness (QED) is 0.364. The van der Waals surface area contributed by atoms with Crippen LogP contribution in [0.25, 0.3) is 17.4 Å². The monoisotopic (exact) mass is 438 g/mol. The van der Waals surface area contributed by atoms with Gasteiger partial charge in [-0.05, 0) is 77.8 Å². The maximum atomic E-state index is 12.1. The van der Waals surface area contributed by atoms with Gasteiger partial charge in [-0.25, -0.2) is 0 Å². The van der Waals surface area contributed by atoms with Crippen LogP contribution in [-0.4, -0.2) is 11.0 Å². The lowest BCUT2D eigenvalue weighted by Gasteiger charge is -2.19. The molecule has 0 radical (unpaired) electrons. The smallest absolute Gasteiger partial charge is 0.250 e. The third kappa shape index (κ3) is 6.05. The Morgan fingerprint density at radius 3 is 2.30 bits per heavy atom. The van der Waals surface area contributed by atoms with Crippen molar-refractivity contribution in [1.29, 1.82) is 0 Å². The van der Waals surface area contributed by atoms with Crippen LogP contribution in [-0.2, 0) is 10.2 Å². The molecule has 2 aromatic carbocycles. The van der Waals surface area contributed by atoms with Crippen LogP contribution in [0.1, 0.15) is 32.1 Å². The van der Waals surface area contributed by atoms with Crippen molar-refractivity contribution >= 4 is 46.6 Å². The minimum Gasteiger partial charge on any atom is -0.457 e. The third-order valence-electron chi connectivity index (χ3n) is 4.40. The third-order valence-corrected chi connectivity index (χ3v) is 4.86. The van der Waals surface area contributed by atoms with Gasteiger partial charge in [-0.2, -0.15) is 0 Å². The number of anilines is 1. The summed E-state index contributed by atoms with van der Waals surface area (Å²) in [6.07, 6.45) is 2.97. The fourth-order valence-electron chi connectivity index (χ4n) is 2.74. The van der Waals surface area contributed by atoms with Crippen LogP contribution in [0.4, 0.5) is 5.69 Å². The van der Waals surface area contributed by atoms with Crippen molar-refractivity contribution < 1.29 is 9.21 Å². The van der Waals surface area contributed by atoms with E-state index in [4.69, 9.17) is 28.2 Å². The lowest BCUT2D eigenvalue weighted by molar-refractivity contribution is -0.115. The first-order valence-electron chi connectivity index (χ1n) is 9.47. The molecule has 0 aliphatic heterocycles. The number of benzene rings is 2. The molecule has 6 heteroatoms. The normalized spacial score (nSPS) is 11.5. The summed E-state index contributed by atoms with van der Waals surface area (Å²) < 4.78 is 5.74. The van der Waals surface area contributed by atoms with Gasteiger partial charge in [-0.3, -0.25) is 10.1 Å². The van der Waals surface area contributed by atoms with E-state index in [1.54, 1.807) is 24.3 Å². The molecule has 3 rings (SSSR count). The van der Waals surface area contributed by atoms with E-state index >= 15 is 0 Å². The van der Waals surface area contributed by atoms with Gasteiger partial charge in [-0.15, -0.1) is 0 Å². The molecule has 2 N–H and O–H groups in total. The minimum absolute atomic E-state index is 0.0807. The highest BCUT2D eigenvalue weighted by Gasteiger charge is 2.13. The maximum absolute atomic E-state index is 12.1. The highest BCUT2D eigenvalue weighted by molar-refractivity contribution is 7.80. The van der Waals surface area contributed by atoms with Crippen molar-refractivity contribution in [2.45, 2.75) is 26.2 Å². The lowest BCUT2D eigenvalue weighted by Crippen LogP contribution is -2.32. The first-order valence-corrected chi connectivity index (χ1v) is 10.3. The topological polar surface area (TPSA) is 54.3 Å². The molecule has 0 fully saturated rings. The molecular formula is C24H23ClN2O2S. The van der Waals surface area contributed by atoms with Crippen LogP contribution in [0.3, 0.4) is 0 Å². The molecule has 154 valence electrons. The number of halogens is 1. The second kappa shape index (κ2) is 9.28. The summed E-state index contributed by atoms with van der Waals surface area (Å²) in [6, 6.07) is 18.9. The maximum Gasteiger partial charge on any atom is 0.250 e. The van der Waals surface area contributed by atoms with E-state index < -0.39 is 0 Å². The van der Waals surface area contributed by atoms with Gasteiger partial charge in [0.1, 0.15) is 11.5 Å². The molecule has 0 spiro atoms. The number of hydrogen-bond acceptors (Lipinski definition) is 3. The Bertz CT molecular complexity index is 1060. The molecule has 30 heavy (non-hydrogen) atoms. The highest BCUT2D eigenvalue weighted by atomic mass is 35.5. The van der Waals surface area contributed by atoms with Crippen LogP contribution in [0, 0.1) is 0 Å². The Balaban J connectivity index is 1.54. The van der Waals surface area contributed by atoms with Gasteiger partial charge in [0.2, 0.25) is 5.91 Å². The van der Waals surface area contributed by atoms with E-state index in [0.717, 1.165) is 11.3 Å². The number of amides is 1. The summed E-state index contributed by atoms with van der Waals surface area (Å²) in [7, 11) is 0. The molecule has 4 nitrogen and oxygen atoms in total. The van der Waals surface area contributed by atoms with Gasteiger partial charge in [0.15, 0.2) is 5.11 Å². The molecule has 0 aliphatic carbocycles. The average Bonchev–Trinajstić information content (AvgIpc) is 3.15. The van der Waals surface area contributed by atoms with E-state index in [2.05, 4.69) is 31.4 Å². The van der Waals surface area contributed by atoms with Crippen LogP contribution < -0.4 is 10.6 Å². The summed E-state index contributed by atoms with van der Waals surface area (Å²) >= 11 is 11.1. The summed E-state index contributed by atoms with van der Waals surface area (Å²) in [6.45, 7) is 6.47. The number of rotatable bonds is 4. The predicted molar refractivity (Wildman–Crippen MR) is 128 cm³/mol. The number of carbonyl (C=O) groups is 1. The number of hydrogen-bond donors (Lipinski definition) is 2. The molecule has 0 aliphatic rings. The molecule has 0 unspecified atom stereocenters. The van der Waals surface area contributed by atoms with Crippen molar-refractivity contribution in [3.05, 3.63) is 83.1 Å². The van der Waals surface area contributed by atoms with Crippen molar-refractivity contribution in [1.82, 2.24) is 5.32 Å². The standard InChI is InChI=1S/C24H23ClN2O2S/c1-24(2,3)17-6-10-19(11-7-17)26-23(30)27-22(28)15-13-20-12-14-21(29-20)16-4-8-18(25)9-5-16/h4-15H,1-3H3,(H2,26,27,28,30). The summed E-state index contributed by atoms with van der Waals surface area (Å²) in [5.74, 6) is 0.914. The van der Waals surface area contributed by atoms with Gasteiger partial charge < -0.3 is 9.73 Å². The molecule has 0 saturated heterocycles. The summed E-state index contributed by atoms with van der Waals surface area (Å²) in [4.78, 5) is 12.1. The van der Waals surface area contributed by atoms with Crippen LogP contribution in [0.2, 0.25) is 5.02 Å². The number of thiocarbonyl (C=S) groups is 1. The first-order chi connectivity index (χ1) is 14.2. The molecule has 0 saturated carbocycles. The SMILES string of the molecule is CC(C)(C)c1ccc(NC(=S)NC(=O)C=Cc2ccc(-c3ccc(Cl)cc3)o2)cc1. The molecule has 0 atom stereocenters. The zero-order valence-corrected chi connectivity index (χ0v) is 18.6. The van der Waals surface area contributed by atoms with Gasteiger partial charge in [0.25, 0.3) is 0 Å². The lowest BCUT2D eigenvalue weighted by atomic mass is 9.87. The number of furan rings is 1. The number of nitrogens with one attached hydrogen (secondary N) is 2. The first kappa shape index (κ1) is 21.8. The molecule has 1 aromatic heterocycles. The van der Waals surface area contributed by atoms with Crippen LogP contribution in [0.15, 0.2) is 71.2 Å². The average molecular weight is 439 g/mol. The van der Waals surface area contributed by atoms with E-state index in [9.17, 15) is 4.79 Å². The molecule has 0 bridgehead atoms. The Hall–Kier alpha value is -2.89. The molecular weight excluding hydrogens is 416 g/mol. The van der Waals surface area contributed by atoms with Crippen molar-refractivity contribution in [3.63, 3.8) is 0 Å². The molecule has 3 aromatic rings. The zero-order chi connectivity index (χ0) is 21.7. The highest BCUT2D eigenvalue weighted by Crippen LogP contribution is 2.25. The largest absolute Gasteiger partial charge is 0.457 e. The molecule has 1 amide bonds. The van der Waals surface area contributed by atoms with Crippen LogP contribution >= 0.6 is 23.8 Å². The van der Waals surface area contributed by atoms with E-state index in [-0.39, 0.29) is 16.4 Å².